The molecule has 0 bridgehead atoms. The fourth-order valence-electron chi connectivity index (χ4n) is 1.67. The molecule has 21 heavy (non-hydrogen) atoms. The first-order chi connectivity index (χ1) is 9.92. The molecule has 0 atom stereocenters. The fraction of sp³-hybridized carbons (Fsp3) is 0.0714. The van der Waals surface area contributed by atoms with Crippen molar-refractivity contribution in [3.05, 3.63) is 52.0 Å². The van der Waals surface area contributed by atoms with Gasteiger partial charge in [0.2, 0.25) is 0 Å². The zero-order valence-corrected chi connectivity index (χ0v) is 12.5. The minimum absolute atomic E-state index is 0.0212. The van der Waals surface area contributed by atoms with Gasteiger partial charge in [-0.05, 0) is 40.2 Å². The van der Waals surface area contributed by atoms with E-state index in [0.717, 1.165) is 12.1 Å². The molecule has 3 N–H and O–H groups in total. The van der Waals surface area contributed by atoms with Crippen molar-refractivity contribution in [1.82, 2.24) is 0 Å². The zero-order chi connectivity index (χ0) is 15.6. The Morgan fingerprint density at radius 2 is 1.95 bits per heavy atom. The van der Waals surface area contributed by atoms with Crippen LogP contribution in [0, 0.1) is 11.6 Å². The molecular weight excluding hydrogens is 346 g/mol. The third-order valence-corrected chi connectivity index (χ3v) is 3.36. The van der Waals surface area contributed by atoms with Gasteiger partial charge in [-0.15, -0.1) is 0 Å². The predicted octanol–water partition coefficient (Wildman–Crippen LogP) is 3.57. The van der Waals surface area contributed by atoms with Gasteiger partial charge in [0.15, 0.2) is 0 Å². The highest BCUT2D eigenvalue weighted by Crippen LogP contribution is 2.25. The number of anilines is 2. The van der Waals surface area contributed by atoms with E-state index in [1.165, 1.54) is 25.3 Å². The summed E-state index contributed by atoms with van der Waals surface area (Å²) >= 11 is 2.86. The maximum atomic E-state index is 13.7. The van der Waals surface area contributed by atoms with Crippen molar-refractivity contribution in [1.29, 1.82) is 0 Å². The second-order valence-corrected chi connectivity index (χ2v) is 5.01. The summed E-state index contributed by atoms with van der Waals surface area (Å²) in [5, 5.41) is 2.29. The van der Waals surface area contributed by atoms with Crippen LogP contribution < -0.4 is 15.8 Å². The Labute approximate surface area is 128 Å². The molecule has 0 saturated carbocycles. The molecule has 0 unspecified atom stereocenters. The van der Waals surface area contributed by atoms with Gasteiger partial charge in [-0.1, -0.05) is 0 Å². The number of amides is 1. The Hall–Kier alpha value is -2.15. The zero-order valence-electron chi connectivity index (χ0n) is 10.9. The molecule has 4 nitrogen and oxygen atoms in total. The summed E-state index contributed by atoms with van der Waals surface area (Å²) in [6.07, 6.45) is 0. The van der Waals surface area contributed by atoms with Crippen molar-refractivity contribution in [3.8, 4) is 5.75 Å². The SMILES string of the molecule is COc1cc(C(=O)Nc2cc(F)c(Br)cc2F)ccc1N. The second-order valence-electron chi connectivity index (χ2n) is 4.16. The Bertz CT molecular complexity index is 708. The smallest absolute Gasteiger partial charge is 0.255 e. The highest BCUT2D eigenvalue weighted by atomic mass is 79.9. The summed E-state index contributed by atoms with van der Waals surface area (Å²) in [6, 6.07) is 6.20. The number of hydrogen-bond donors (Lipinski definition) is 2. The van der Waals surface area contributed by atoms with Crippen LogP contribution in [0.5, 0.6) is 5.75 Å². The first kappa shape index (κ1) is 15.2. The Balaban J connectivity index is 2.28. The molecule has 0 fully saturated rings. The summed E-state index contributed by atoms with van der Waals surface area (Å²) in [4.78, 5) is 12.0. The van der Waals surface area contributed by atoms with Crippen molar-refractivity contribution >= 4 is 33.2 Å². The van der Waals surface area contributed by atoms with Crippen LogP contribution in [-0.2, 0) is 0 Å². The number of halogens is 3. The normalized spacial score (nSPS) is 10.3. The standard InChI is InChI=1S/C14H11BrF2N2O2/c1-21-13-4-7(2-3-11(13)18)14(20)19-12-6-9(16)8(15)5-10(12)17/h2-6H,18H2,1H3,(H,19,20). The molecule has 0 aliphatic carbocycles. The summed E-state index contributed by atoms with van der Waals surface area (Å²) < 4.78 is 32.0. The quantitative estimate of drug-likeness (QED) is 0.652. The van der Waals surface area contributed by atoms with Crippen LogP contribution in [0.2, 0.25) is 0 Å². The minimum atomic E-state index is -0.751. The lowest BCUT2D eigenvalue weighted by atomic mass is 10.1. The van der Waals surface area contributed by atoms with Crippen LogP contribution in [0.15, 0.2) is 34.8 Å². The maximum absolute atomic E-state index is 13.7. The molecule has 0 spiro atoms. The van der Waals surface area contributed by atoms with Crippen LogP contribution >= 0.6 is 15.9 Å². The molecule has 7 heteroatoms. The van der Waals surface area contributed by atoms with E-state index in [2.05, 4.69) is 21.2 Å². The Kier molecular flexibility index (Phi) is 4.42. The third kappa shape index (κ3) is 3.30. The van der Waals surface area contributed by atoms with Crippen molar-refractivity contribution in [2.24, 2.45) is 0 Å². The van der Waals surface area contributed by atoms with Crippen LogP contribution in [0.1, 0.15) is 10.4 Å². The van der Waals surface area contributed by atoms with E-state index in [9.17, 15) is 13.6 Å². The molecule has 0 aliphatic rings. The first-order valence-corrected chi connectivity index (χ1v) is 6.61. The van der Waals surface area contributed by atoms with Crippen LogP contribution in [0.3, 0.4) is 0 Å². The van der Waals surface area contributed by atoms with Gasteiger partial charge in [0.05, 0.1) is 23.0 Å². The van der Waals surface area contributed by atoms with Gasteiger partial charge in [-0.3, -0.25) is 4.79 Å². The van der Waals surface area contributed by atoms with E-state index in [-0.39, 0.29) is 15.7 Å². The second kappa shape index (κ2) is 6.09. The summed E-state index contributed by atoms with van der Waals surface area (Å²) in [6.45, 7) is 0. The molecule has 1 amide bonds. The van der Waals surface area contributed by atoms with Gasteiger partial charge in [-0.2, -0.15) is 0 Å². The molecule has 0 aromatic heterocycles. The number of hydrogen-bond acceptors (Lipinski definition) is 3. The molecule has 0 aliphatic heterocycles. The average molecular weight is 357 g/mol. The molecule has 2 rings (SSSR count). The summed E-state index contributed by atoms with van der Waals surface area (Å²) in [7, 11) is 1.41. The topological polar surface area (TPSA) is 64.3 Å². The molecule has 2 aromatic rings. The van der Waals surface area contributed by atoms with E-state index >= 15 is 0 Å². The molecule has 0 heterocycles. The van der Waals surface area contributed by atoms with E-state index < -0.39 is 17.5 Å². The third-order valence-electron chi connectivity index (χ3n) is 2.75. The largest absolute Gasteiger partial charge is 0.495 e. The Morgan fingerprint density at radius 1 is 1.24 bits per heavy atom. The van der Waals surface area contributed by atoms with Crippen molar-refractivity contribution in [2.45, 2.75) is 0 Å². The van der Waals surface area contributed by atoms with Crippen molar-refractivity contribution < 1.29 is 18.3 Å². The van der Waals surface area contributed by atoms with Gasteiger partial charge in [0.25, 0.3) is 5.91 Å². The highest BCUT2D eigenvalue weighted by Gasteiger charge is 2.14. The maximum Gasteiger partial charge on any atom is 0.255 e. The molecule has 0 saturated heterocycles. The number of ether oxygens (including phenoxy) is 1. The number of nitrogens with two attached hydrogens (primary N) is 1. The van der Waals surface area contributed by atoms with E-state index in [4.69, 9.17) is 10.5 Å². The number of benzene rings is 2. The number of nitrogens with one attached hydrogen (secondary N) is 1. The van der Waals surface area contributed by atoms with Crippen LogP contribution in [0.4, 0.5) is 20.2 Å². The average Bonchev–Trinajstić information content (AvgIpc) is 2.45. The molecule has 0 radical (unpaired) electrons. The number of carbonyl (C=O) groups is 1. The summed E-state index contributed by atoms with van der Waals surface area (Å²) in [5.41, 5.74) is 5.97. The number of nitrogen functional groups attached to an aromatic ring is 1. The van der Waals surface area contributed by atoms with Crippen molar-refractivity contribution in [2.75, 3.05) is 18.2 Å². The lowest BCUT2D eigenvalue weighted by Crippen LogP contribution is -2.13. The fourth-order valence-corrected chi connectivity index (χ4v) is 1.98. The molecular formula is C14H11BrF2N2O2. The van der Waals surface area contributed by atoms with E-state index in [1.54, 1.807) is 0 Å². The Morgan fingerprint density at radius 3 is 2.62 bits per heavy atom. The van der Waals surface area contributed by atoms with Gasteiger partial charge < -0.3 is 15.8 Å². The van der Waals surface area contributed by atoms with Gasteiger partial charge >= 0.3 is 0 Å². The first-order valence-electron chi connectivity index (χ1n) is 5.81. The van der Waals surface area contributed by atoms with E-state index in [0.29, 0.717) is 11.4 Å². The number of carbonyl (C=O) groups excluding carboxylic acids is 1. The minimum Gasteiger partial charge on any atom is -0.495 e. The number of rotatable bonds is 3. The van der Waals surface area contributed by atoms with Gasteiger partial charge in [0.1, 0.15) is 17.4 Å². The molecule has 2 aromatic carbocycles. The summed E-state index contributed by atoms with van der Waals surface area (Å²) in [5.74, 6) is -1.71. The van der Waals surface area contributed by atoms with Crippen molar-refractivity contribution in [3.63, 3.8) is 0 Å². The lowest BCUT2D eigenvalue weighted by molar-refractivity contribution is 0.102. The molecule has 110 valence electrons. The van der Waals surface area contributed by atoms with E-state index in [1.807, 2.05) is 0 Å². The van der Waals surface area contributed by atoms with Gasteiger partial charge in [-0.25, -0.2) is 8.78 Å². The number of methoxy groups -OCH3 is 1. The van der Waals surface area contributed by atoms with Gasteiger partial charge in [0, 0.05) is 11.6 Å². The highest BCUT2D eigenvalue weighted by molar-refractivity contribution is 9.10. The van der Waals surface area contributed by atoms with Crippen LogP contribution in [-0.4, -0.2) is 13.0 Å². The van der Waals surface area contributed by atoms with Crippen LogP contribution in [0.25, 0.3) is 0 Å². The monoisotopic (exact) mass is 356 g/mol. The lowest BCUT2D eigenvalue weighted by Gasteiger charge is -2.09. The predicted molar refractivity (Wildman–Crippen MR) is 79.4 cm³/mol.